The van der Waals surface area contributed by atoms with Crippen molar-refractivity contribution in [3.05, 3.63) is 0 Å². The number of halogens is 9. The van der Waals surface area contributed by atoms with Gasteiger partial charge in [-0.25, -0.2) is 8.42 Å². The summed E-state index contributed by atoms with van der Waals surface area (Å²) in [5, 5.41) is 2.16. The fourth-order valence-electron chi connectivity index (χ4n) is 1.95. The van der Waals surface area contributed by atoms with Crippen LogP contribution in [0.2, 0.25) is 0 Å². The molecule has 0 aromatic rings. The maximum Gasteiger partial charge on any atom is 0.460 e. The number of carbonyl (C=O) groups is 1. The molecule has 0 aliphatic rings. The molecule has 0 rings (SSSR count). The Balaban J connectivity index is 4.62. The Hall–Kier alpha value is -0.900. The molecule has 0 saturated heterocycles. The summed E-state index contributed by atoms with van der Waals surface area (Å²) in [6.45, 7) is 2.41. The molecule has 174 valence electrons. The van der Waals surface area contributed by atoms with Crippen LogP contribution in [0, 0.1) is 0 Å². The van der Waals surface area contributed by atoms with Crippen molar-refractivity contribution in [1.82, 2.24) is 5.32 Å². The van der Waals surface area contributed by atoms with Crippen molar-refractivity contribution in [1.29, 1.82) is 0 Å². The summed E-state index contributed by atoms with van der Waals surface area (Å²) in [4.78, 5) is 11.6. The highest BCUT2D eigenvalue weighted by molar-refractivity contribution is 7.99. The van der Waals surface area contributed by atoms with Crippen LogP contribution in [0.5, 0.6) is 0 Å². The third-order valence-electron chi connectivity index (χ3n) is 3.26. The van der Waals surface area contributed by atoms with E-state index in [-0.39, 0.29) is 5.75 Å². The van der Waals surface area contributed by atoms with Crippen LogP contribution >= 0.6 is 11.8 Å². The van der Waals surface area contributed by atoms with Crippen molar-refractivity contribution >= 4 is 27.8 Å². The van der Waals surface area contributed by atoms with Crippen molar-refractivity contribution < 1.29 is 57.3 Å². The molecule has 0 saturated carbocycles. The normalized spacial score (nSPS) is 14.8. The van der Waals surface area contributed by atoms with Crippen molar-refractivity contribution in [3.8, 4) is 0 Å². The average molecular weight is 486 g/mol. The van der Waals surface area contributed by atoms with Gasteiger partial charge in [0.05, 0.1) is 15.9 Å². The molecule has 16 heteroatoms. The number of nitrogens with one attached hydrogen (secondary N) is 1. The molecule has 29 heavy (non-hydrogen) atoms. The highest BCUT2D eigenvalue weighted by atomic mass is 32.2. The second-order valence-electron chi connectivity index (χ2n) is 6.60. The molecule has 0 aromatic carbocycles. The Morgan fingerprint density at radius 1 is 0.931 bits per heavy atom. The van der Waals surface area contributed by atoms with E-state index >= 15 is 0 Å². The molecule has 0 aliphatic heterocycles. The van der Waals surface area contributed by atoms with Crippen LogP contribution in [0.4, 0.5) is 39.5 Å². The molecule has 0 bridgehead atoms. The van der Waals surface area contributed by atoms with Crippen molar-refractivity contribution in [3.63, 3.8) is 0 Å². The first-order chi connectivity index (χ1) is 12.6. The van der Waals surface area contributed by atoms with E-state index in [4.69, 9.17) is 0 Å². The van der Waals surface area contributed by atoms with Crippen molar-refractivity contribution in [2.75, 3.05) is 17.3 Å². The van der Waals surface area contributed by atoms with Crippen LogP contribution in [0.25, 0.3) is 0 Å². The minimum atomic E-state index is -6.94. The van der Waals surface area contributed by atoms with Gasteiger partial charge in [-0.3, -0.25) is 4.79 Å². The van der Waals surface area contributed by atoms with E-state index < -0.39 is 69.9 Å². The molecule has 1 amide bonds. The zero-order valence-electron chi connectivity index (χ0n) is 14.9. The van der Waals surface area contributed by atoms with Gasteiger partial charge in [-0.2, -0.15) is 51.3 Å². The van der Waals surface area contributed by atoms with Gasteiger partial charge in [0, 0.05) is 24.1 Å². The van der Waals surface area contributed by atoms with Gasteiger partial charge in [-0.1, -0.05) is 0 Å². The van der Waals surface area contributed by atoms with Gasteiger partial charge >= 0.3 is 23.9 Å². The minimum absolute atomic E-state index is 0.316. The van der Waals surface area contributed by atoms with E-state index in [1.807, 2.05) is 0 Å². The number of rotatable bonds is 11. The number of hydrogen-bond donors (Lipinski definition) is 1. The van der Waals surface area contributed by atoms with E-state index in [0.717, 1.165) is 0 Å². The molecular formula is C13H17F9NO4S2-. The van der Waals surface area contributed by atoms with Gasteiger partial charge < -0.3 is 9.87 Å². The minimum Gasteiger partial charge on any atom is -0.748 e. The van der Waals surface area contributed by atoms with Crippen LogP contribution < -0.4 is 5.32 Å². The van der Waals surface area contributed by atoms with Crippen molar-refractivity contribution in [2.24, 2.45) is 0 Å². The smallest absolute Gasteiger partial charge is 0.460 e. The maximum atomic E-state index is 13.3. The number of alkyl halides is 9. The van der Waals surface area contributed by atoms with Gasteiger partial charge in [-0.15, -0.1) is 0 Å². The molecule has 1 N–H and O–H groups in total. The van der Waals surface area contributed by atoms with Crippen LogP contribution in [0.15, 0.2) is 0 Å². The van der Waals surface area contributed by atoms with Crippen LogP contribution in [-0.2, 0) is 14.9 Å². The molecule has 0 radical (unpaired) electrons. The number of thioether (sulfide) groups is 1. The fraction of sp³-hybridized carbons (Fsp3) is 0.923. The third-order valence-corrected chi connectivity index (χ3v) is 5.32. The lowest BCUT2D eigenvalue weighted by Crippen LogP contribution is -2.60. The Morgan fingerprint density at radius 2 is 1.41 bits per heavy atom. The summed E-state index contributed by atoms with van der Waals surface area (Å²) < 4.78 is 146. The topological polar surface area (TPSA) is 86.3 Å². The summed E-state index contributed by atoms with van der Waals surface area (Å²) in [7, 11) is -4.68. The first-order valence-corrected chi connectivity index (χ1v) is 10.3. The molecule has 5 nitrogen and oxygen atoms in total. The van der Waals surface area contributed by atoms with Crippen LogP contribution in [0.3, 0.4) is 0 Å². The summed E-state index contributed by atoms with van der Waals surface area (Å²) in [6.07, 6.45) is -9.35. The van der Waals surface area contributed by atoms with E-state index in [1.165, 1.54) is 13.8 Å². The molecular weight excluding hydrogens is 469 g/mol. The van der Waals surface area contributed by atoms with E-state index in [0.29, 0.717) is 11.8 Å². The molecule has 0 fully saturated rings. The zero-order valence-corrected chi connectivity index (χ0v) is 16.5. The van der Waals surface area contributed by atoms with Gasteiger partial charge in [0.25, 0.3) is 0 Å². The van der Waals surface area contributed by atoms with Gasteiger partial charge in [0.1, 0.15) is 0 Å². The van der Waals surface area contributed by atoms with Gasteiger partial charge in [0.15, 0.2) is 0 Å². The fourth-order valence-corrected chi connectivity index (χ4v) is 3.84. The zero-order chi connectivity index (χ0) is 23.5. The second kappa shape index (κ2) is 9.08. The van der Waals surface area contributed by atoms with Gasteiger partial charge in [0.2, 0.25) is 5.91 Å². The largest absolute Gasteiger partial charge is 0.748 e. The van der Waals surface area contributed by atoms with E-state index in [9.17, 15) is 57.3 Å². The Labute approximate surface area is 164 Å². The average Bonchev–Trinajstić information content (AvgIpc) is 2.41. The second-order valence-corrected chi connectivity index (χ2v) is 9.23. The quantitative estimate of drug-likeness (QED) is 0.275. The Kier molecular flexibility index (Phi) is 8.79. The third kappa shape index (κ3) is 8.03. The Morgan fingerprint density at radius 3 is 1.83 bits per heavy atom. The monoisotopic (exact) mass is 486 g/mol. The Bertz CT molecular complexity index is 678. The SMILES string of the molecule is CC(C)(CS(=O)(=O)[O-])NC(=O)CCSCCC(F)(F)C(F)(F)C(F)(F)C(F)(F)F. The summed E-state index contributed by atoms with van der Waals surface area (Å²) >= 11 is 0.402. The predicted octanol–water partition coefficient (Wildman–Crippen LogP) is 3.41. The highest BCUT2D eigenvalue weighted by Crippen LogP contribution is 2.54. The van der Waals surface area contributed by atoms with E-state index in [2.05, 4.69) is 5.32 Å². The number of hydrogen-bond acceptors (Lipinski definition) is 5. The highest BCUT2D eigenvalue weighted by Gasteiger charge is 2.81. The van der Waals surface area contributed by atoms with E-state index in [1.54, 1.807) is 0 Å². The number of carbonyl (C=O) groups excluding carboxylic acids is 1. The number of amides is 1. The molecule has 0 spiro atoms. The molecule has 0 aromatic heterocycles. The van der Waals surface area contributed by atoms with Crippen molar-refractivity contribution in [2.45, 2.75) is 56.2 Å². The lowest BCUT2D eigenvalue weighted by atomic mass is 10.0. The lowest BCUT2D eigenvalue weighted by Gasteiger charge is -2.33. The summed E-state index contributed by atoms with van der Waals surface area (Å²) in [5.74, 6) is -22.4. The summed E-state index contributed by atoms with van der Waals surface area (Å²) in [5.41, 5.74) is -1.46. The first-order valence-electron chi connectivity index (χ1n) is 7.58. The molecule has 0 aliphatic carbocycles. The standard InChI is InChI=1S/C13H18F9NO4S2/c1-9(2,7-29(25,26)27)23-8(24)3-5-28-6-4-10(14,15)11(16,17)12(18,19)13(20,21)22/h3-7H2,1-2H3,(H,23,24)(H,25,26,27)/p-1. The predicted molar refractivity (Wildman–Crippen MR) is 84.2 cm³/mol. The van der Waals surface area contributed by atoms with Gasteiger partial charge in [-0.05, 0) is 19.6 Å². The summed E-state index contributed by atoms with van der Waals surface area (Å²) in [6, 6.07) is 0. The molecule has 0 heterocycles. The first kappa shape index (κ1) is 28.1. The lowest BCUT2D eigenvalue weighted by molar-refractivity contribution is -0.396. The molecule has 0 unspecified atom stereocenters. The maximum absolute atomic E-state index is 13.3. The van der Waals surface area contributed by atoms with Crippen LogP contribution in [0.1, 0.15) is 26.7 Å². The van der Waals surface area contributed by atoms with Crippen LogP contribution in [-0.4, -0.2) is 65.6 Å². The molecule has 0 atom stereocenters.